The van der Waals surface area contributed by atoms with Gasteiger partial charge in [0, 0.05) is 39.1 Å². The molecule has 0 saturated carbocycles. The number of carbonyl (C=O) groups is 1. The summed E-state index contributed by atoms with van der Waals surface area (Å²) in [6.45, 7) is 8.23. The predicted molar refractivity (Wildman–Crippen MR) is 111 cm³/mol. The number of hydrogen-bond donors (Lipinski definition) is 0. The van der Waals surface area contributed by atoms with Gasteiger partial charge in [-0.1, -0.05) is 24.2 Å². The van der Waals surface area contributed by atoms with Gasteiger partial charge in [-0.05, 0) is 38.5 Å². The van der Waals surface area contributed by atoms with Crippen molar-refractivity contribution in [2.24, 2.45) is 5.92 Å². The first kappa shape index (κ1) is 22.0. The molecule has 2 saturated heterocycles. The maximum atomic E-state index is 13.0. The van der Waals surface area contributed by atoms with Gasteiger partial charge in [-0.25, -0.2) is 0 Å². The van der Waals surface area contributed by atoms with Gasteiger partial charge in [0.2, 0.25) is 5.89 Å². The van der Waals surface area contributed by atoms with Crippen LogP contribution >= 0.6 is 0 Å². The van der Waals surface area contributed by atoms with Crippen LogP contribution in [0.25, 0.3) is 0 Å². The van der Waals surface area contributed by atoms with Crippen LogP contribution in [0.15, 0.2) is 9.05 Å². The molecule has 0 aromatic carbocycles. The lowest BCUT2D eigenvalue weighted by atomic mass is 9.78. The fraction of sp³-hybridized carbons (Fsp3) is 0.727. The van der Waals surface area contributed by atoms with Crippen molar-refractivity contribution in [3.63, 3.8) is 0 Å². The standard InChI is InChI=1S/C22H32N4O5/c1-14(2)20-23-18(24-31-20)11-16-5-10-29-22(12-16)6-8-26(9-7-22)21(27)19-17(13-28-4)15(3)30-25-19/h14,16H,5-13H2,1-4H3. The maximum absolute atomic E-state index is 13.0. The molecule has 9 heteroatoms. The molecule has 2 aromatic heterocycles. The summed E-state index contributed by atoms with van der Waals surface area (Å²) < 4.78 is 22.1. The summed E-state index contributed by atoms with van der Waals surface area (Å²) in [6.07, 6.45) is 4.39. The van der Waals surface area contributed by atoms with E-state index in [9.17, 15) is 4.79 Å². The van der Waals surface area contributed by atoms with Crippen LogP contribution in [0.3, 0.4) is 0 Å². The second-order valence-corrected chi connectivity index (χ2v) is 9.09. The number of nitrogens with zero attached hydrogens (tertiary/aromatic N) is 4. The number of likely N-dealkylation sites (tertiary alicyclic amines) is 1. The lowest BCUT2D eigenvalue weighted by Crippen LogP contribution is -2.51. The van der Waals surface area contributed by atoms with Gasteiger partial charge >= 0.3 is 0 Å². The van der Waals surface area contributed by atoms with Gasteiger partial charge < -0.3 is 23.4 Å². The highest BCUT2D eigenvalue weighted by Crippen LogP contribution is 2.39. The summed E-state index contributed by atoms with van der Waals surface area (Å²) >= 11 is 0. The van der Waals surface area contributed by atoms with Crippen LogP contribution in [0.2, 0.25) is 0 Å². The number of rotatable bonds is 6. The summed E-state index contributed by atoms with van der Waals surface area (Å²) in [5, 5.41) is 8.14. The number of carbonyl (C=O) groups excluding carboxylic acids is 1. The average Bonchev–Trinajstić information content (AvgIpc) is 3.36. The Morgan fingerprint density at radius 2 is 2.03 bits per heavy atom. The van der Waals surface area contributed by atoms with Gasteiger partial charge in [-0.15, -0.1) is 0 Å². The molecular formula is C22H32N4O5. The van der Waals surface area contributed by atoms with Gasteiger partial charge in [-0.3, -0.25) is 4.79 Å². The van der Waals surface area contributed by atoms with E-state index in [1.54, 1.807) is 14.0 Å². The van der Waals surface area contributed by atoms with Crippen LogP contribution in [-0.4, -0.2) is 58.5 Å². The molecule has 9 nitrogen and oxygen atoms in total. The van der Waals surface area contributed by atoms with E-state index in [-0.39, 0.29) is 17.4 Å². The van der Waals surface area contributed by atoms with Crippen LogP contribution in [-0.2, 0) is 22.5 Å². The number of piperidine rings is 1. The minimum atomic E-state index is -0.181. The van der Waals surface area contributed by atoms with E-state index in [2.05, 4.69) is 29.1 Å². The monoisotopic (exact) mass is 432 g/mol. The van der Waals surface area contributed by atoms with E-state index >= 15 is 0 Å². The molecule has 4 heterocycles. The number of amides is 1. The van der Waals surface area contributed by atoms with Crippen molar-refractivity contribution in [1.29, 1.82) is 0 Å². The lowest BCUT2D eigenvalue weighted by molar-refractivity contribution is -0.123. The molecule has 2 fully saturated rings. The van der Waals surface area contributed by atoms with E-state index in [0.717, 1.165) is 50.1 Å². The number of ether oxygens (including phenoxy) is 2. The normalized spacial score (nSPS) is 21.2. The van der Waals surface area contributed by atoms with E-state index in [1.165, 1.54) is 0 Å². The van der Waals surface area contributed by atoms with Crippen molar-refractivity contribution in [2.75, 3.05) is 26.8 Å². The SMILES string of the molecule is COCc1c(C(=O)N2CCC3(CC2)CC(Cc2noc(C(C)C)n2)CCO3)noc1C. The number of hydrogen-bond acceptors (Lipinski definition) is 8. The Morgan fingerprint density at radius 1 is 1.26 bits per heavy atom. The van der Waals surface area contributed by atoms with Gasteiger partial charge in [0.05, 0.1) is 17.8 Å². The first-order valence-electron chi connectivity index (χ1n) is 11.1. The predicted octanol–water partition coefficient (Wildman–Crippen LogP) is 3.28. The third-order valence-electron chi connectivity index (χ3n) is 6.48. The van der Waals surface area contributed by atoms with Gasteiger partial charge in [0.25, 0.3) is 5.91 Å². The fourth-order valence-corrected chi connectivity index (χ4v) is 4.64. The van der Waals surface area contributed by atoms with Crippen molar-refractivity contribution in [1.82, 2.24) is 20.2 Å². The summed E-state index contributed by atoms with van der Waals surface area (Å²) in [5.41, 5.74) is 0.901. The largest absolute Gasteiger partial charge is 0.380 e. The van der Waals surface area contributed by atoms with Gasteiger partial charge in [0.15, 0.2) is 11.5 Å². The van der Waals surface area contributed by atoms with Crippen LogP contribution in [0, 0.1) is 12.8 Å². The van der Waals surface area contributed by atoms with Gasteiger partial charge in [-0.2, -0.15) is 4.98 Å². The minimum Gasteiger partial charge on any atom is -0.380 e. The molecule has 2 aliphatic rings. The smallest absolute Gasteiger partial charge is 0.276 e. The summed E-state index contributed by atoms with van der Waals surface area (Å²) in [7, 11) is 1.60. The lowest BCUT2D eigenvalue weighted by Gasteiger charge is -2.46. The second kappa shape index (κ2) is 9.08. The first-order chi connectivity index (χ1) is 14.9. The number of methoxy groups -OCH3 is 1. The molecule has 4 rings (SSSR count). The summed E-state index contributed by atoms with van der Waals surface area (Å²) in [6, 6.07) is 0. The van der Waals surface area contributed by atoms with E-state index in [4.69, 9.17) is 18.5 Å². The quantitative estimate of drug-likeness (QED) is 0.685. The molecule has 170 valence electrons. The Labute approximate surface area is 182 Å². The summed E-state index contributed by atoms with van der Waals surface area (Å²) in [4.78, 5) is 19.4. The zero-order valence-electron chi connectivity index (χ0n) is 18.8. The van der Waals surface area contributed by atoms with E-state index in [0.29, 0.717) is 43.0 Å². The molecule has 2 aromatic rings. The molecule has 1 amide bonds. The highest BCUT2D eigenvalue weighted by atomic mass is 16.5. The molecule has 0 aliphatic carbocycles. The number of aromatic nitrogens is 3. The highest BCUT2D eigenvalue weighted by Gasteiger charge is 2.42. The van der Waals surface area contributed by atoms with Gasteiger partial charge in [0.1, 0.15) is 5.76 Å². The Hall–Kier alpha value is -2.26. The van der Waals surface area contributed by atoms with Crippen LogP contribution in [0.1, 0.15) is 79.0 Å². The number of aryl methyl sites for hydroxylation is 1. The Balaban J connectivity index is 1.36. The third kappa shape index (κ3) is 4.67. The maximum Gasteiger partial charge on any atom is 0.276 e. The zero-order chi connectivity index (χ0) is 22.0. The first-order valence-corrected chi connectivity index (χ1v) is 11.1. The van der Waals surface area contributed by atoms with Crippen LogP contribution < -0.4 is 0 Å². The van der Waals surface area contributed by atoms with Crippen molar-refractivity contribution in [2.45, 2.75) is 71.0 Å². The summed E-state index contributed by atoms with van der Waals surface area (Å²) in [5.74, 6) is 2.70. The van der Waals surface area contributed by atoms with Crippen LogP contribution in [0.5, 0.6) is 0 Å². The van der Waals surface area contributed by atoms with Crippen molar-refractivity contribution >= 4 is 5.91 Å². The topological polar surface area (TPSA) is 104 Å². The molecule has 0 bridgehead atoms. The fourth-order valence-electron chi connectivity index (χ4n) is 4.64. The molecule has 2 aliphatic heterocycles. The molecular weight excluding hydrogens is 400 g/mol. The highest BCUT2D eigenvalue weighted by molar-refractivity contribution is 5.93. The molecule has 0 N–H and O–H groups in total. The Kier molecular flexibility index (Phi) is 6.43. The third-order valence-corrected chi connectivity index (χ3v) is 6.48. The molecule has 31 heavy (non-hydrogen) atoms. The second-order valence-electron chi connectivity index (χ2n) is 9.09. The molecule has 0 radical (unpaired) electrons. The molecule has 1 unspecified atom stereocenters. The Bertz CT molecular complexity index is 898. The van der Waals surface area contributed by atoms with Crippen LogP contribution in [0.4, 0.5) is 0 Å². The minimum absolute atomic E-state index is 0.0980. The van der Waals surface area contributed by atoms with E-state index in [1.807, 2.05) is 4.90 Å². The Morgan fingerprint density at radius 3 is 2.71 bits per heavy atom. The van der Waals surface area contributed by atoms with Crippen molar-refractivity contribution < 1.29 is 23.3 Å². The van der Waals surface area contributed by atoms with E-state index < -0.39 is 0 Å². The van der Waals surface area contributed by atoms with Crippen molar-refractivity contribution in [3.8, 4) is 0 Å². The average molecular weight is 433 g/mol. The zero-order valence-corrected chi connectivity index (χ0v) is 18.8. The van der Waals surface area contributed by atoms with Crippen molar-refractivity contribution in [3.05, 3.63) is 28.7 Å². The molecule has 1 atom stereocenters. The molecule has 1 spiro atoms.